The van der Waals surface area contributed by atoms with E-state index in [0.717, 1.165) is 36.5 Å². The van der Waals surface area contributed by atoms with Gasteiger partial charge in [0.1, 0.15) is 0 Å². The molecule has 5 heteroatoms. The zero-order valence-electron chi connectivity index (χ0n) is 12.2. The smallest absolute Gasteiger partial charge is 0.0624 e. The molecule has 0 bridgehead atoms. The van der Waals surface area contributed by atoms with Crippen LogP contribution < -0.4 is 5.73 Å². The summed E-state index contributed by atoms with van der Waals surface area (Å²) in [4.78, 5) is 0. The van der Waals surface area contributed by atoms with Gasteiger partial charge in [-0.2, -0.15) is 10.2 Å². The summed E-state index contributed by atoms with van der Waals surface area (Å²) in [5, 5.41) is 8.91. The third kappa shape index (κ3) is 2.87. The van der Waals surface area contributed by atoms with Crippen LogP contribution in [-0.2, 0) is 26.4 Å². The van der Waals surface area contributed by atoms with Gasteiger partial charge in [0.15, 0.2) is 0 Å². The molecule has 104 valence electrons. The fourth-order valence-corrected chi connectivity index (χ4v) is 2.43. The number of nitrogens with two attached hydrogens (primary N) is 1. The molecule has 0 aromatic carbocycles. The maximum Gasteiger partial charge on any atom is 0.0624 e. The van der Waals surface area contributed by atoms with E-state index in [1.165, 1.54) is 5.69 Å². The van der Waals surface area contributed by atoms with E-state index in [0.29, 0.717) is 0 Å². The van der Waals surface area contributed by atoms with E-state index in [1.54, 1.807) is 0 Å². The lowest BCUT2D eigenvalue weighted by molar-refractivity contribution is 0.561. The van der Waals surface area contributed by atoms with Crippen molar-refractivity contribution >= 4 is 0 Å². The lowest BCUT2D eigenvalue weighted by atomic mass is 10.1. The van der Waals surface area contributed by atoms with Gasteiger partial charge in [0, 0.05) is 25.7 Å². The lowest BCUT2D eigenvalue weighted by Crippen LogP contribution is -2.19. The molecule has 1 atom stereocenters. The zero-order chi connectivity index (χ0) is 14.0. The van der Waals surface area contributed by atoms with Gasteiger partial charge < -0.3 is 5.73 Å². The summed E-state index contributed by atoms with van der Waals surface area (Å²) in [5.41, 5.74) is 10.7. The van der Waals surface area contributed by atoms with Crippen LogP contribution in [0.4, 0.5) is 0 Å². The maximum atomic E-state index is 6.31. The molecule has 5 nitrogen and oxygen atoms in total. The molecular weight excluding hydrogens is 238 g/mol. The van der Waals surface area contributed by atoms with Crippen LogP contribution in [0.25, 0.3) is 0 Å². The summed E-state index contributed by atoms with van der Waals surface area (Å²) in [7, 11) is 1.94. The van der Waals surface area contributed by atoms with E-state index in [9.17, 15) is 0 Å². The van der Waals surface area contributed by atoms with Crippen molar-refractivity contribution in [1.82, 2.24) is 19.6 Å². The standard InChI is InChI=1S/C14H23N5/c1-5-11-8-12(19(6-2)17-11)9-13(15)14-7-10(3)16-18(14)4/h7-8,13H,5-6,9,15H2,1-4H3. The minimum atomic E-state index is -0.0436. The highest BCUT2D eigenvalue weighted by Gasteiger charge is 2.15. The Labute approximate surface area is 114 Å². The van der Waals surface area contributed by atoms with Gasteiger partial charge in [-0.25, -0.2) is 0 Å². The van der Waals surface area contributed by atoms with E-state index in [-0.39, 0.29) is 6.04 Å². The van der Waals surface area contributed by atoms with Crippen LogP contribution in [0.3, 0.4) is 0 Å². The Morgan fingerprint density at radius 2 is 2.00 bits per heavy atom. The van der Waals surface area contributed by atoms with Gasteiger partial charge >= 0.3 is 0 Å². The second kappa shape index (κ2) is 5.57. The van der Waals surface area contributed by atoms with E-state index >= 15 is 0 Å². The molecule has 0 radical (unpaired) electrons. The number of hydrogen-bond donors (Lipinski definition) is 1. The summed E-state index contributed by atoms with van der Waals surface area (Å²) >= 11 is 0. The molecule has 0 saturated heterocycles. The third-order valence-electron chi connectivity index (χ3n) is 3.42. The number of rotatable bonds is 5. The molecule has 2 heterocycles. The van der Waals surface area contributed by atoms with Crippen molar-refractivity contribution in [3.8, 4) is 0 Å². The Bertz CT molecular complexity index is 552. The molecule has 0 fully saturated rings. The van der Waals surface area contributed by atoms with Crippen molar-refractivity contribution in [2.45, 2.75) is 46.2 Å². The minimum absolute atomic E-state index is 0.0436. The Balaban J connectivity index is 2.20. The van der Waals surface area contributed by atoms with Gasteiger partial charge in [-0.3, -0.25) is 9.36 Å². The molecule has 2 aromatic heterocycles. The first-order valence-electron chi connectivity index (χ1n) is 6.86. The molecule has 2 aromatic rings. The van der Waals surface area contributed by atoms with E-state index in [4.69, 9.17) is 5.73 Å². The molecule has 2 rings (SSSR count). The number of hydrogen-bond acceptors (Lipinski definition) is 3. The first-order valence-corrected chi connectivity index (χ1v) is 6.86. The second-order valence-corrected chi connectivity index (χ2v) is 4.94. The minimum Gasteiger partial charge on any atom is -0.322 e. The topological polar surface area (TPSA) is 61.7 Å². The van der Waals surface area contributed by atoms with Crippen molar-refractivity contribution in [2.75, 3.05) is 0 Å². The maximum absolute atomic E-state index is 6.31. The monoisotopic (exact) mass is 261 g/mol. The quantitative estimate of drug-likeness (QED) is 0.892. The van der Waals surface area contributed by atoms with Gasteiger partial charge in [0.25, 0.3) is 0 Å². The molecule has 0 spiro atoms. The highest BCUT2D eigenvalue weighted by atomic mass is 15.3. The van der Waals surface area contributed by atoms with Gasteiger partial charge in [-0.1, -0.05) is 6.92 Å². The SMILES string of the molecule is CCc1cc(CC(N)c2cc(C)nn2C)n(CC)n1. The Morgan fingerprint density at radius 1 is 1.26 bits per heavy atom. The van der Waals surface area contributed by atoms with Crippen LogP contribution in [0.5, 0.6) is 0 Å². The Kier molecular flexibility index (Phi) is 4.04. The van der Waals surface area contributed by atoms with Crippen LogP contribution >= 0.6 is 0 Å². The summed E-state index contributed by atoms with van der Waals surface area (Å²) in [6, 6.07) is 4.17. The van der Waals surface area contributed by atoms with Crippen molar-refractivity contribution in [3.63, 3.8) is 0 Å². The number of aryl methyl sites for hydroxylation is 4. The second-order valence-electron chi connectivity index (χ2n) is 4.94. The first-order chi connectivity index (χ1) is 9.05. The molecule has 19 heavy (non-hydrogen) atoms. The number of aromatic nitrogens is 4. The fourth-order valence-electron chi connectivity index (χ4n) is 2.43. The van der Waals surface area contributed by atoms with Crippen molar-refractivity contribution in [1.29, 1.82) is 0 Å². The Morgan fingerprint density at radius 3 is 2.53 bits per heavy atom. The normalized spacial score (nSPS) is 12.9. The molecule has 0 saturated carbocycles. The van der Waals surface area contributed by atoms with Crippen LogP contribution in [0.15, 0.2) is 12.1 Å². The predicted molar refractivity (Wildman–Crippen MR) is 75.9 cm³/mol. The molecular formula is C14H23N5. The summed E-state index contributed by atoms with van der Waals surface area (Å²) < 4.78 is 3.91. The van der Waals surface area contributed by atoms with Gasteiger partial charge in [-0.15, -0.1) is 0 Å². The van der Waals surface area contributed by atoms with E-state index in [2.05, 4.69) is 36.2 Å². The third-order valence-corrected chi connectivity index (χ3v) is 3.42. The average molecular weight is 261 g/mol. The molecule has 0 amide bonds. The summed E-state index contributed by atoms with van der Waals surface area (Å²) in [6.45, 7) is 7.10. The van der Waals surface area contributed by atoms with Crippen molar-refractivity contribution < 1.29 is 0 Å². The highest BCUT2D eigenvalue weighted by Crippen LogP contribution is 2.17. The number of nitrogens with zero attached hydrogens (tertiary/aromatic N) is 4. The average Bonchev–Trinajstić information content (AvgIpc) is 2.92. The molecule has 2 N–H and O–H groups in total. The summed E-state index contributed by atoms with van der Waals surface area (Å²) in [6.07, 6.45) is 1.75. The first kappa shape index (κ1) is 13.8. The molecule has 0 aliphatic heterocycles. The van der Waals surface area contributed by atoms with Crippen LogP contribution in [0.1, 0.15) is 42.7 Å². The largest absolute Gasteiger partial charge is 0.322 e. The predicted octanol–water partition coefficient (Wildman–Crippen LogP) is 1.75. The van der Waals surface area contributed by atoms with Crippen molar-refractivity contribution in [3.05, 3.63) is 34.9 Å². The van der Waals surface area contributed by atoms with Crippen molar-refractivity contribution in [2.24, 2.45) is 12.8 Å². The van der Waals surface area contributed by atoms with Gasteiger partial charge in [0.2, 0.25) is 0 Å². The van der Waals surface area contributed by atoms with Crippen LogP contribution in [0, 0.1) is 6.92 Å². The molecule has 0 aliphatic rings. The van der Waals surface area contributed by atoms with Crippen LogP contribution in [0.2, 0.25) is 0 Å². The zero-order valence-corrected chi connectivity index (χ0v) is 12.2. The van der Waals surface area contributed by atoms with Gasteiger partial charge in [-0.05, 0) is 32.4 Å². The molecule has 1 unspecified atom stereocenters. The van der Waals surface area contributed by atoms with E-state index in [1.807, 2.05) is 23.3 Å². The highest BCUT2D eigenvalue weighted by molar-refractivity contribution is 5.18. The summed E-state index contributed by atoms with van der Waals surface area (Å²) in [5.74, 6) is 0. The molecule has 0 aliphatic carbocycles. The van der Waals surface area contributed by atoms with Crippen LogP contribution in [-0.4, -0.2) is 19.6 Å². The Hall–Kier alpha value is -1.62. The van der Waals surface area contributed by atoms with E-state index < -0.39 is 0 Å². The fraction of sp³-hybridized carbons (Fsp3) is 0.571. The lowest BCUT2D eigenvalue weighted by Gasteiger charge is -2.12. The van der Waals surface area contributed by atoms with Gasteiger partial charge in [0.05, 0.1) is 23.1 Å².